The topological polar surface area (TPSA) is 117 Å². The van der Waals surface area contributed by atoms with Gasteiger partial charge in [0, 0.05) is 49.1 Å². The molecule has 4 aromatic rings. The Bertz CT molecular complexity index is 1580. The fraction of sp³-hybridized carbons (Fsp3) is 0.344. The summed E-state index contributed by atoms with van der Waals surface area (Å²) in [6.07, 6.45) is 1.19. The molecule has 0 bridgehead atoms. The van der Waals surface area contributed by atoms with Crippen LogP contribution in [0.5, 0.6) is 5.75 Å². The lowest BCUT2D eigenvalue weighted by Crippen LogP contribution is -2.49. The van der Waals surface area contributed by atoms with Crippen LogP contribution >= 0.6 is 0 Å². The molecule has 2 amide bonds. The minimum Gasteiger partial charge on any atom is -0.496 e. The second-order valence-corrected chi connectivity index (χ2v) is 11.2. The Morgan fingerprint density at radius 1 is 0.976 bits per heavy atom. The average molecular weight is 573 g/mol. The van der Waals surface area contributed by atoms with Gasteiger partial charge in [-0.1, -0.05) is 18.2 Å². The molecule has 3 heterocycles. The summed E-state index contributed by atoms with van der Waals surface area (Å²) in [6, 6.07) is 16.6. The van der Waals surface area contributed by atoms with Crippen molar-refractivity contribution in [2.24, 2.45) is 0 Å². The Kier molecular flexibility index (Phi) is 8.35. The van der Waals surface area contributed by atoms with Gasteiger partial charge in [0.25, 0.3) is 5.91 Å². The molecule has 1 aliphatic rings. The van der Waals surface area contributed by atoms with Gasteiger partial charge >= 0.3 is 6.09 Å². The van der Waals surface area contributed by atoms with E-state index in [2.05, 4.69) is 15.2 Å². The number of nitrogens with zero attached hydrogens (tertiary/aromatic N) is 2. The Labute approximate surface area is 244 Å². The summed E-state index contributed by atoms with van der Waals surface area (Å²) in [5.74, 6) is 1.70. The third-order valence-electron chi connectivity index (χ3n) is 7.10. The first-order chi connectivity index (χ1) is 20.1. The minimum absolute atomic E-state index is 0.0113. The number of carbonyl (C=O) groups is 3. The molecule has 42 heavy (non-hydrogen) atoms. The van der Waals surface area contributed by atoms with Gasteiger partial charge in [0.2, 0.25) is 0 Å². The van der Waals surface area contributed by atoms with Gasteiger partial charge in [0.05, 0.1) is 31.1 Å². The zero-order valence-electron chi connectivity index (χ0n) is 24.4. The third-order valence-corrected chi connectivity index (χ3v) is 7.10. The lowest BCUT2D eigenvalue weighted by molar-refractivity contribution is 0.0518. The van der Waals surface area contributed by atoms with Gasteiger partial charge in [-0.2, -0.15) is 0 Å². The maximum Gasteiger partial charge on any atom is 0.408 e. The van der Waals surface area contributed by atoms with E-state index in [4.69, 9.17) is 13.9 Å². The molecular weight excluding hydrogens is 536 g/mol. The molecular formula is C32H36N4O6. The van der Waals surface area contributed by atoms with E-state index in [0.717, 1.165) is 11.1 Å². The predicted octanol–water partition coefficient (Wildman–Crippen LogP) is 5.10. The fourth-order valence-corrected chi connectivity index (χ4v) is 5.06. The van der Waals surface area contributed by atoms with Crippen LogP contribution < -0.4 is 10.1 Å². The van der Waals surface area contributed by atoms with Gasteiger partial charge in [0.1, 0.15) is 22.9 Å². The average Bonchev–Trinajstić information content (AvgIpc) is 3.63. The zero-order valence-corrected chi connectivity index (χ0v) is 24.4. The SMILES string of the molecule is COc1ccc(-c2ccc(CNC(=O)OC(C)(C)C)o2)c2[nH]cc(C(=O)CN3CCN(C(=O)c4ccccc4)CC3)c12. The summed E-state index contributed by atoms with van der Waals surface area (Å²) in [6.45, 7) is 8.16. The molecule has 2 aromatic heterocycles. The van der Waals surface area contributed by atoms with Crippen LogP contribution in [0.25, 0.3) is 22.2 Å². The highest BCUT2D eigenvalue weighted by molar-refractivity contribution is 6.13. The number of amides is 2. The summed E-state index contributed by atoms with van der Waals surface area (Å²) >= 11 is 0. The second-order valence-electron chi connectivity index (χ2n) is 11.2. The van der Waals surface area contributed by atoms with E-state index >= 15 is 0 Å². The number of aromatic nitrogens is 1. The molecule has 1 aliphatic heterocycles. The largest absolute Gasteiger partial charge is 0.496 e. The first kappa shape index (κ1) is 28.9. The number of H-pyrrole nitrogens is 1. The lowest BCUT2D eigenvalue weighted by atomic mass is 10.0. The number of aromatic amines is 1. The van der Waals surface area contributed by atoms with Crippen molar-refractivity contribution in [2.45, 2.75) is 32.9 Å². The van der Waals surface area contributed by atoms with E-state index in [1.165, 1.54) is 0 Å². The monoisotopic (exact) mass is 572 g/mol. The molecule has 1 fully saturated rings. The standard InChI is InChI=1S/C32H36N4O6/c1-32(2,3)42-31(39)34-18-22-10-12-26(41-22)23-11-13-27(40-4)28-24(19-33-29(23)28)25(37)20-35-14-16-36(17-15-35)30(38)21-8-6-5-7-9-21/h5-13,19,33H,14-18,20H2,1-4H3,(H,34,39). The molecule has 2 aromatic carbocycles. The highest BCUT2D eigenvalue weighted by Crippen LogP contribution is 2.37. The molecule has 10 heteroatoms. The number of carbonyl (C=O) groups excluding carboxylic acids is 3. The minimum atomic E-state index is -0.592. The molecule has 10 nitrogen and oxygen atoms in total. The van der Waals surface area contributed by atoms with Gasteiger partial charge in [-0.05, 0) is 57.2 Å². The molecule has 0 radical (unpaired) electrons. The number of benzene rings is 2. The van der Waals surface area contributed by atoms with Gasteiger partial charge < -0.3 is 29.1 Å². The van der Waals surface area contributed by atoms with Gasteiger partial charge in [-0.25, -0.2) is 4.79 Å². The van der Waals surface area contributed by atoms with Crippen molar-refractivity contribution in [3.05, 3.63) is 77.7 Å². The smallest absolute Gasteiger partial charge is 0.408 e. The number of hydrogen-bond donors (Lipinski definition) is 2. The van der Waals surface area contributed by atoms with E-state index in [1.807, 2.05) is 53.4 Å². The Morgan fingerprint density at radius 2 is 1.71 bits per heavy atom. The summed E-state index contributed by atoms with van der Waals surface area (Å²) in [5.41, 5.74) is 2.10. The Balaban J connectivity index is 1.27. The van der Waals surface area contributed by atoms with Crippen LogP contribution in [-0.2, 0) is 11.3 Å². The van der Waals surface area contributed by atoms with Crippen LogP contribution in [0.4, 0.5) is 4.79 Å². The number of Topliss-reactive ketones (excluding diaryl/α,β-unsaturated/α-hetero) is 1. The van der Waals surface area contributed by atoms with Crippen LogP contribution in [0.1, 0.15) is 47.2 Å². The van der Waals surface area contributed by atoms with Crippen LogP contribution in [0.15, 0.2) is 65.2 Å². The molecule has 2 N–H and O–H groups in total. The number of hydrogen-bond acceptors (Lipinski definition) is 7. The fourth-order valence-electron chi connectivity index (χ4n) is 5.06. The zero-order chi connectivity index (χ0) is 29.9. The van der Waals surface area contributed by atoms with E-state index in [9.17, 15) is 14.4 Å². The molecule has 0 saturated carbocycles. The number of rotatable bonds is 8. The normalized spacial score (nSPS) is 14.1. The van der Waals surface area contributed by atoms with Crippen molar-refractivity contribution >= 4 is 28.7 Å². The van der Waals surface area contributed by atoms with Crippen molar-refractivity contribution in [3.8, 4) is 17.1 Å². The first-order valence-corrected chi connectivity index (χ1v) is 14.0. The molecule has 0 spiro atoms. The maximum absolute atomic E-state index is 13.5. The van der Waals surface area contributed by atoms with Crippen molar-refractivity contribution in [2.75, 3.05) is 39.8 Å². The maximum atomic E-state index is 13.5. The number of piperazine rings is 1. The van der Waals surface area contributed by atoms with Crippen LogP contribution in [0.3, 0.4) is 0 Å². The number of furan rings is 1. The van der Waals surface area contributed by atoms with Crippen LogP contribution in [0.2, 0.25) is 0 Å². The first-order valence-electron chi connectivity index (χ1n) is 14.0. The van der Waals surface area contributed by atoms with Crippen molar-refractivity contribution < 1.29 is 28.3 Å². The Morgan fingerprint density at radius 3 is 2.40 bits per heavy atom. The van der Waals surface area contributed by atoms with Gasteiger partial charge in [-0.3, -0.25) is 14.5 Å². The van der Waals surface area contributed by atoms with E-state index in [0.29, 0.717) is 60.0 Å². The predicted molar refractivity (Wildman–Crippen MR) is 159 cm³/mol. The second kappa shape index (κ2) is 12.1. The molecule has 1 saturated heterocycles. The summed E-state index contributed by atoms with van der Waals surface area (Å²) in [4.78, 5) is 45.5. The van der Waals surface area contributed by atoms with Crippen molar-refractivity contribution in [3.63, 3.8) is 0 Å². The quantitative estimate of drug-likeness (QED) is 0.282. The number of methoxy groups -OCH3 is 1. The van der Waals surface area contributed by atoms with E-state index < -0.39 is 11.7 Å². The number of nitrogens with one attached hydrogen (secondary N) is 2. The van der Waals surface area contributed by atoms with E-state index in [-0.39, 0.29) is 24.8 Å². The number of ketones is 1. The number of ether oxygens (including phenoxy) is 2. The highest BCUT2D eigenvalue weighted by Gasteiger charge is 2.26. The van der Waals surface area contributed by atoms with Crippen molar-refractivity contribution in [1.82, 2.24) is 20.1 Å². The number of alkyl carbamates (subject to hydrolysis) is 1. The lowest BCUT2D eigenvalue weighted by Gasteiger charge is -2.34. The molecule has 0 atom stereocenters. The molecule has 5 rings (SSSR count). The summed E-state index contributed by atoms with van der Waals surface area (Å²) < 4.78 is 16.9. The third kappa shape index (κ3) is 6.49. The molecule has 0 aliphatic carbocycles. The van der Waals surface area contributed by atoms with E-state index in [1.54, 1.807) is 40.1 Å². The number of fused-ring (bicyclic) bond motifs is 1. The summed E-state index contributed by atoms with van der Waals surface area (Å²) in [5, 5.41) is 3.38. The van der Waals surface area contributed by atoms with Gasteiger partial charge in [-0.15, -0.1) is 0 Å². The highest BCUT2D eigenvalue weighted by atomic mass is 16.6. The summed E-state index contributed by atoms with van der Waals surface area (Å²) in [7, 11) is 1.58. The Hall–Kier alpha value is -4.57. The van der Waals surface area contributed by atoms with Gasteiger partial charge in [0.15, 0.2) is 5.78 Å². The van der Waals surface area contributed by atoms with Crippen LogP contribution in [0, 0.1) is 0 Å². The van der Waals surface area contributed by atoms with Crippen molar-refractivity contribution in [1.29, 1.82) is 0 Å². The van der Waals surface area contributed by atoms with Crippen LogP contribution in [-0.4, -0.2) is 78.0 Å². The molecule has 220 valence electrons. The molecule has 0 unspecified atom stereocenters.